The molecular weight excluding hydrogens is 372 g/mol. The molecule has 0 radical (unpaired) electrons. The van der Waals surface area contributed by atoms with E-state index in [1.807, 2.05) is 44.2 Å². The number of hydrogen-bond acceptors (Lipinski definition) is 6. The van der Waals surface area contributed by atoms with Crippen LogP contribution in [-0.2, 0) is 20.9 Å². The van der Waals surface area contributed by atoms with Gasteiger partial charge < -0.3 is 14.8 Å². The average Bonchev–Trinajstić information content (AvgIpc) is 3.12. The molecule has 8 nitrogen and oxygen atoms in total. The molecule has 0 bridgehead atoms. The third kappa shape index (κ3) is 6.58. The second-order valence-corrected chi connectivity index (χ2v) is 8.24. The third-order valence-corrected chi connectivity index (χ3v) is 4.19. The standard InChI is InChI=1S/C21H30N4O4/c1-14(2)18(23-20(27)29-21(4,5)6)17-12-22-24-25(17)15(3)19(26)28-13-16-10-8-7-9-11-16/h7-12,14-15,18H,13H2,1-6H3,(H,23,27)/t15-,18+/m0/s1. The summed E-state index contributed by atoms with van der Waals surface area (Å²) in [4.78, 5) is 24.8. The van der Waals surface area contributed by atoms with E-state index in [-0.39, 0.29) is 12.5 Å². The maximum Gasteiger partial charge on any atom is 0.408 e. The van der Waals surface area contributed by atoms with Gasteiger partial charge in [-0.05, 0) is 39.2 Å². The van der Waals surface area contributed by atoms with Gasteiger partial charge in [0.15, 0.2) is 0 Å². The molecule has 0 aliphatic heterocycles. The average molecular weight is 402 g/mol. The molecule has 0 fully saturated rings. The van der Waals surface area contributed by atoms with Crippen LogP contribution < -0.4 is 5.32 Å². The van der Waals surface area contributed by atoms with Crippen LogP contribution in [0.5, 0.6) is 0 Å². The summed E-state index contributed by atoms with van der Waals surface area (Å²) in [6.45, 7) is 11.2. The van der Waals surface area contributed by atoms with Gasteiger partial charge in [0.25, 0.3) is 0 Å². The molecular formula is C21H30N4O4. The lowest BCUT2D eigenvalue weighted by molar-refractivity contribution is -0.148. The molecule has 2 aromatic rings. The minimum absolute atomic E-state index is 0.0207. The van der Waals surface area contributed by atoms with E-state index in [1.54, 1.807) is 33.9 Å². The number of aromatic nitrogens is 3. The van der Waals surface area contributed by atoms with E-state index in [1.165, 1.54) is 4.68 Å². The van der Waals surface area contributed by atoms with Gasteiger partial charge in [0.2, 0.25) is 0 Å². The van der Waals surface area contributed by atoms with Gasteiger partial charge in [-0.2, -0.15) is 0 Å². The summed E-state index contributed by atoms with van der Waals surface area (Å²) in [5.41, 5.74) is 0.895. The van der Waals surface area contributed by atoms with Gasteiger partial charge in [-0.15, -0.1) is 5.10 Å². The molecule has 1 aromatic heterocycles. The number of alkyl carbamates (subject to hydrolysis) is 1. The molecule has 0 saturated heterocycles. The van der Waals surface area contributed by atoms with Gasteiger partial charge >= 0.3 is 12.1 Å². The van der Waals surface area contributed by atoms with Gasteiger partial charge in [-0.25, -0.2) is 14.3 Å². The number of carbonyl (C=O) groups excluding carboxylic acids is 2. The number of carbonyl (C=O) groups is 2. The minimum atomic E-state index is -0.696. The van der Waals surface area contributed by atoms with Crippen molar-refractivity contribution in [3.63, 3.8) is 0 Å². The molecule has 0 unspecified atom stereocenters. The number of esters is 1. The number of rotatable bonds is 7. The van der Waals surface area contributed by atoms with Crippen LogP contribution in [0.2, 0.25) is 0 Å². The molecule has 1 heterocycles. The molecule has 1 aromatic carbocycles. The molecule has 8 heteroatoms. The van der Waals surface area contributed by atoms with Crippen LogP contribution in [0.1, 0.15) is 64.9 Å². The molecule has 0 aliphatic carbocycles. The van der Waals surface area contributed by atoms with Gasteiger partial charge in [0.05, 0.1) is 17.9 Å². The molecule has 2 atom stereocenters. The maximum atomic E-state index is 12.5. The zero-order valence-electron chi connectivity index (χ0n) is 17.9. The Balaban J connectivity index is 2.11. The van der Waals surface area contributed by atoms with Crippen LogP contribution in [-0.4, -0.2) is 32.7 Å². The van der Waals surface area contributed by atoms with Crippen LogP contribution in [0.3, 0.4) is 0 Å². The van der Waals surface area contributed by atoms with Crippen molar-refractivity contribution in [1.29, 1.82) is 0 Å². The second-order valence-electron chi connectivity index (χ2n) is 8.24. The van der Waals surface area contributed by atoms with Crippen LogP contribution in [0.25, 0.3) is 0 Å². The lowest BCUT2D eigenvalue weighted by Crippen LogP contribution is -2.38. The number of nitrogens with one attached hydrogen (secondary N) is 1. The van der Waals surface area contributed by atoms with Crippen molar-refractivity contribution in [2.75, 3.05) is 0 Å². The van der Waals surface area contributed by atoms with Crippen molar-refractivity contribution in [2.24, 2.45) is 5.92 Å². The number of ether oxygens (including phenoxy) is 2. The van der Waals surface area contributed by atoms with Crippen molar-refractivity contribution < 1.29 is 19.1 Å². The number of benzene rings is 1. The van der Waals surface area contributed by atoms with Crippen LogP contribution in [0.4, 0.5) is 4.79 Å². The summed E-state index contributed by atoms with van der Waals surface area (Å²) in [6.07, 6.45) is 1.01. The monoisotopic (exact) mass is 402 g/mol. The third-order valence-electron chi connectivity index (χ3n) is 4.19. The molecule has 29 heavy (non-hydrogen) atoms. The van der Waals surface area contributed by atoms with E-state index >= 15 is 0 Å². The highest BCUT2D eigenvalue weighted by Gasteiger charge is 2.29. The molecule has 2 rings (SSSR count). The van der Waals surface area contributed by atoms with E-state index in [0.29, 0.717) is 5.69 Å². The Labute approximate surface area is 171 Å². The highest BCUT2D eigenvalue weighted by molar-refractivity contribution is 5.74. The van der Waals surface area contributed by atoms with Crippen molar-refractivity contribution in [3.8, 4) is 0 Å². The summed E-state index contributed by atoms with van der Waals surface area (Å²) >= 11 is 0. The lowest BCUT2D eigenvalue weighted by Gasteiger charge is -2.26. The smallest absolute Gasteiger partial charge is 0.408 e. The first-order chi connectivity index (χ1) is 13.6. The first-order valence-electron chi connectivity index (χ1n) is 9.68. The quantitative estimate of drug-likeness (QED) is 0.708. The topological polar surface area (TPSA) is 95.3 Å². The summed E-state index contributed by atoms with van der Waals surface area (Å²) in [7, 11) is 0. The van der Waals surface area contributed by atoms with E-state index in [4.69, 9.17) is 9.47 Å². The number of hydrogen-bond donors (Lipinski definition) is 1. The van der Waals surface area contributed by atoms with Crippen LogP contribution in [0.15, 0.2) is 36.5 Å². The molecule has 1 amide bonds. The van der Waals surface area contributed by atoms with Crippen LogP contribution >= 0.6 is 0 Å². The second kappa shape index (κ2) is 9.54. The normalized spacial score (nSPS) is 13.6. The Kier molecular flexibility index (Phi) is 7.36. The fourth-order valence-corrected chi connectivity index (χ4v) is 2.74. The van der Waals surface area contributed by atoms with Gasteiger partial charge in [-0.1, -0.05) is 49.4 Å². The summed E-state index contributed by atoms with van der Waals surface area (Å²) in [5.74, 6) is -0.410. The summed E-state index contributed by atoms with van der Waals surface area (Å²) in [6, 6.07) is 8.33. The van der Waals surface area contributed by atoms with Gasteiger partial charge in [-0.3, -0.25) is 0 Å². The first kappa shape index (κ1) is 22.4. The van der Waals surface area contributed by atoms with Gasteiger partial charge in [0, 0.05) is 0 Å². The number of nitrogens with zero attached hydrogens (tertiary/aromatic N) is 3. The Morgan fingerprint density at radius 2 is 1.79 bits per heavy atom. The van der Waals surface area contributed by atoms with E-state index < -0.39 is 29.7 Å². The summed E-state index contributed by atoms with van der Waals surface area (Å²) < 4.78 is 12.3. The Hall–Kier alpha value is -2.90. The molecule has 0 aliphatic rings. The lowest BCUT2D eigenvalue weighted by atomic mass is 10.0. The maximum absolute atomic E-state index is 12.5. The Bertz CT molecular complexity index is 812. The predicted octanol–water partition coefficient (Wildman–Crippen LogP) is 3.80. The van der Waals surface area contributed by atoms with Crippen molar-refractivity contribution in [1.82, 2.24) is 20.3 Å². The zero-order valence-corrected chi connectivity index (χ0v) is 17.9. The van der Waals surface area contributed by atoms with E-state index in [2.05, 4.69) is 15.6 Å². The molecule has 0 spiro atoms. The van der Waals surface area contributed by atoms with E-state index in [0.717, 1.165) is 5.56 Å². The minimum Gasteiger partial charge on any atom is -0.459 e. The molecule has 158 valence electrons. The largest absolute Gasteiger partial charge is 0.459 e. The van der Waals surface area contributed by atoms with Gasteiger partial charge in [0.1, 0.15) is 18.2 Å². The zero-order chi connectivity index (χ0) is 21.6. The molecule has 0 saturated carbocycles. The Morgan fingerprint density at radius 1 is 1.14 bits per heavy atom. The fraction of sp³-hybridized carbons (Fsp3) is 0.524. The number of amides is 1. The SMILES string of the molecule is CC(C)[C@@H](NC(=O)OC(C)(C)C)c1cnnn1[C@@H](C)C(=O)OCc1ccccc1. The van der Waals surface area contributed by atoms with Crippen molar-refractivity contribution in [2.45, 2.75) is 65.8 Å². The fourth-order valence-electron chi connectivity index (χ4n) is 2.74. The Morgan fingerprint density at radius 3 is 2.38 bits per heavy atom. The van der Waals surface area contributed by atoms with Crippen LogP contribution in [0, 0.1) is 5.92 Å². The van der Waals surface area contributed by atoms with Crippen molar-refractivity contribution >= 4 is 12.1 Å². The highest BCUT2D eigenvalue weighted by Crippen LogP contribution is 2.24. The van der Waals surface area contributed by atoms with E-state index in [9.17, 15) is 9.59 Å². The first-order valence-corrected chi connectivity index (χ1v) is 9.68. The molecule has 1 N–H and O–H groups in total. The highest BCUT2D eigenvalue weighted by atomic mass is 16.6. The summed E-state index contributed by atoms with van der Waals surface area (Å²) in [5, 5.41) is 10.8. The van der Waals surface area contributed by atoms with Crippen molar-refractivity contribution in [3.05, 3.63) is 47.8 Å². The predicted molar refractivity (Wildman–Crippen MR) is 108 cm³/mol.